The van der Waals surface area contributed by atoms with Crippen LogP contribution >= 0.6 is 0 Å². The van der Waals surface area contributed by atoms with E-state index in [4.69, 9.17) is 4.74 Å². The molecule has 0 spiro atoms. The number of piperidine rings is 1. The summed E-state index contributed by atoms with van der Waals surface area (Å²) in [6, 6.07) is 6.71. The van der Waals surface area contributed by atoms with E-state index in [1.165, 1.54) is 13.5 Å². The summed E-state index contributed by atoms with van der Waals surface area (Å²) in [7, 11) is 1.30. The molecule has 0 aromatic heterocycles. The number of nitrogens with one attached hydrogen (secondary N) is 1. The number of rotatable bonds is 4. The third-order valence-corrected chi connectivity index (χ3v) is 4.70. The number of nitrogens with zero attached hydrogens (tertiary/aromatic N) is 1. The van der Waals surface area contributed by atoms with Gasteiger partial charge in [-0.2, -0.15) is 0 Å². The van der Waals surface area contributed by atoms with Crippen molar-refractivity contribution in [3.8, 4) is 0 Å². The number of hydrogen-bond acceptors (Lipinski definition) is 4. The highest BCUT2D eigenvalue weighted by atomic mass is 16.5. The molecule has 2 amide bonds. The highest BCUT2D eigenvalue weighted by Gasteiger charge is 2.49. The van der Waals surface area contributed by atoms with E-state index in [1.54, 1.807) is 24.3 Å². The Morgan fingerprint density at radius 3 is 2.50 bits per heavy atom. The van der Waals surface area contributed by atoms with Crippen molar-refractivity contribution in [2.24, 2.45) is 11.8 Å². The van der Waals surface area contributed by atoms with Crippen molar-refractivity contribution in [3.05, 3.63) is 29.8 Å². The number of methoxy groups -OCH3 is 1. The van der Waals surface area contributed by atoms with E-state index in [0.29, 0.717) is 17.7 Å². The SMILES string of the molecule is COC(=O)c1ccccc1NC(=O)C1CC1C(=O)N1CCCCC1. The lowest BCUT2D eigenvalue weighted by molar-refractivity contribution is -0.134. The van der Waals surface area contributed by atoms with Crippen LogP contribution in [0, 0.1) is 11.8 Å². The Kier molecular flexibility index (Phi) is 4.83. The zero-order valence-corrected chi connectivity index (χ0v) is 13.8. The first-order valence-corrected chi connectivity index (χ1v) is 8.39. The van der Waals surface area contributed by atoms with Crippen LogP contribution in [0.25, 0.3) is 0 Å². The molecule has 1 aromatic carbocycles. The van der Waals surface area contributed by atoms with Crippen LogP contribution in [0.4, 0.5) is 5.69 Å². The molecule has 6 heteroatoms. The standard InChI is InChI=1S/C18H22N2O4/c1-24-18(23)12-7-3-4-8-15(12)19-16(21)13-11-14(13)17(22)20-9-5-2-6-10-20/h3-4,7-8,13-14H,2,5-6,9-11H2,1H3,(H,19,21). The largest absolute Gasteiger partial charge is 0.465 e. The van der Waals surface area contributed by atoms with E-state index in [2.05, 4.69) is 5.32 Å². The molecule has 1 saturated heterocycles. The zero-order chi connectivity index (χ0) is 17.1. The van der Waals surface area contributed by atoms with E-state index in [9.17, 15) is 14.4 Å². The minimum atomic E-state index is -0.498. The van der Waals surface area contributed by atoms with E-state index >= 15 is 0 Å². The van der Waals surface area contributed by atoms with Crippen LogP contribution in [-0.4, -0.2) is 42.9 Å². The molecule has 6 nitrogen and oxygen atoms in total. The number of para-hydroxylation sites is 1. The van der Waals surface area contributed by atoms with Gasteiger partial charge in [-0.3, -0.25) is 9.59 Å². The molecular formula is C18H22N2O4. The van der Waals surface area contributed by atoms with Gasteiger partial charge in [-0.05, 0) is 37.8 Å². The molecule has 24 heavy (non-hydrogen) atoms. The number of benzene rings is 1. The number of esters is 1. The molecule has 1 heterocycles. The number of likely N-dealkylation sites (tertiary alicyclic amines) is 1. The van der Waals surface area contributed by atoms with Crippen LogP contribution in [0.2, 0.25) is 0 Å². The van der Waals surface area contributed by atoms with Gasteiger partial charge in [0.05, 0.1) is 30.2 Å². The third-order valence-electron chi connectivity index (χ3n) is 4.70. The Bertz CT molecular complexity index is 652. The number of ether oxygens (including phenoxy) is 1. The lowest BCUT2D eigenvalue weighted by Gasteiger charge is -2.26. The molecule has 2 aliphatic rings. The molecule has 2 unspecified atom stereocenters. The number of carbonyl (C=O) groups is 3. The summed E-state index contributed by atoms with van der Waals surface area (Å²) in [4.78, 5) is 38.4. The predicted octanol–water partition coefficient (Wildman–Crippen LogP) is 2.06. The molecule has 1 aliphatic carbocycles. The second kappa shape index (κ2) is 7.03. The van der Waals surface area contributed by atoms with Gasteiger partial charge in [-0.15, -0.1) is 0 Å². The van der Waals surface area contributed by atoms with Crippen molar-refractivity contribution in [1.29, 1.82) is 0 Å². The van der Waals surface area contributed by atoms with Crippen LogP contribution in [-0.2, 0) is 14.3 Å². The molecule has 0 radical (unpaired) electrons. The first-order chi connectivity index (χ1) is 11.6. The van der Waals surface area contributed by atoms with Gasteiger partial charge in [-0.25, -0.2) is 4.79 Å². The molecule has 1 saturated carbocycles. The summed E-state index contributed by atoms with van der Waals surface area (Å²) in [5, 5.41) is 2.76. The van der Waals surface area contributed by atoms with Gasteiger partial charge < -0.3 is 15.0 Å². The van der Waals surface area contributed by atoms with Crippen molar-refractivity contribution in [3.63, 3.8) is 0 Å². The van der Waals surface area contributed by atoms with Crippen LogP contribution in [0.3, 0.4) is 0 Å². The summed E-state index contributed by atoms with van der Waals surface area (Å²) >= 11 is 0. The van der Waals surface area contributed by atoms with Crippen molar-refractivity contribution < 1.29 is 19.1 Å². The molecule has 0 bridgehead atoms. The minimum absolute atomic E-state index is 0.0936. The fraction of sp³-hybridized carbons (Fsp3) is 0.500. The molecule has 3 rings (SSSR count). The highest BCUT2D eigenvalue weighted by Crippen LogP contribution is 2.41. The second-order valence-electron chi connectivity index (χ2n) is 6.36. The normalized spacial score (nSPS) is 22.6. The lowest BCUT2D eigenvalue weighted by atomic mass is 10.1. The molecule has 1 aromatic rings. The maximum atomic E-state index is 12.4. The first kappa shape index (κ1) is 16.5. The quantitative estimate of drug-likeness (QED) is 0.858. The summed E-state index contributed by atoms with van der Waals surface area (Å²) in [5.74, 6) is -1.13. The van der Waals surface area contributed by atoms with Crippen molar-refractivity contribution in [2.45, 2.75) is 25.7 Å². The average Bonchev–Trinajstić information content (AvgIpc) is 3.42. The van der Waals surface area contributed by atoms with Crippen LogP contribution in [0.15, 0.2) is 24.3 Å². The lowest BCUT2D eigenvalue weighted by Crippen LogP contribution is -2.37. The average molecular weight is 330 g/mol. The van der Waals surface area contributed by atoms with Crippen molar-refractivity contribution in [1.82, 2.24) is 4.90 Å². The van der Waals surface area contributed by atoms with Gasteiger partial charge in [0.15, 0.2) is 0 Å². The van der Waals surface area contributed by atoms with Gasteiger partial charge >= 0.3 is 5.97 Å². The molecule has 128 valence electrons. The van der Waals surface area contributed by atoms with E-state index in [0.717, 1.165) is 25.9 Å². The molecule has 1 N–H and O–H groups in total. The topological polar surface area (TPSA) is 75.7 Å². The second-order valence-corrected chi connectivity index (χ2v) is 6.36. The maximum Gasteiger partial charge on any atom is 0.339 e. The smallest absolute Gasteiger partial charge is 0.339 e. The van der Waals surface area contributed by atoms with Gasteiger partial charge in [-0.1, -0.05) is 12.1 Å². The first-order valence-electron chi connectivity index (χ1n) is 8.39. The monoisotopic (exact) mass is 330 g/mol. The van der Waals surface area contributed by atoms with E-state index < -0.39 is 5.97 Å². The Morgan fingerprint density at radius 1 is 1.08 bits per heavy atom. The Labute approximate surface area is 141 Å². The number of amides is 2. The van der Waals surface area contributed by atoms with Gasteiger partial charge in [0, 0.05) is 13.1 Å². The third kappa shape index (κ3) is 3.42. The Balaban J connectivity index is 1.61. The van der Waals surface area contributed by atoms with Crippen LogP contribution in [0.5, 0.6) is 0 Å². The van der Waals surface area contributed by atoms with Gasteiger partial charge in [0.2, 0.25) is 11.8 Å². The maximum absolute atomic E-state index is 12.4. The van der Waals surface area contributed by atoms with Crippen LogP contribution in [0.1, 0.15) is 36.0 Å². The Morgan fingerprint density at radius 2 is 1.79 bits per heavy atom. The van der Waals surface area contributed by atoms with Gasteiger partial charge in [0.1, 0.15) is 0 Å². The summed E-state index contributed by atoms with van der Waals surface area (Å²) < 4.78 is 4.72. The van der Waals surface area contributed by atoms with Crippen molar-refractivity contribution in [2.75, 3.05) is 25.5 Å². The number of hydrogen-bond donors (Lipinski definition) is 1. The Hall–Kier alpha value is -2.37. The number of carbonyl (C=O) groups excluding carboxylic acids is 3. The molecule has 2 fully saturated rings. The zero-order valence-electron chi connectivity index (χ0n) is 13.8. The van der Waals surface area contributed by atoms with E-state index in [1.807, 2.05) is 4.90 Å². The van der Waals surface area contributed by atoms with Crippen LogP contribution < -0.4 is 5.32 Å². The predicted molar refractivity (Wildman–Crippen MR) is 88.4 cm³/mol. The fourth-order valence-electron chi connectivity index (χ4n) is 3.21. The summed E-state index contributed by atoms with van der Waals surface area (Å²) in [5.41, 5.74) is 0.735. The molecule has 1 aliphatic heterocycles. The number of anilines is 1. The molecular weight excluding hydrogens is 308 g/mol. The fourth-order valence-corrected chi connectivity index (χ4v) is 3.21. The van der Waals surface area contributed by atoms with Gasteiger partial charge in [0.25, 0.3) is 0 Å². The summed E-state index contributed by atoms with van der Waals surface area (Å²) in [6.07, 6.45) is 3.84. The minimum Gasteiger partial charge on any atom is -0.465 e. The highest BCUT2D eigenvalue weighted by molar-refractivity contribution is 6.04. The molecule has 2 atom stereocenters. The van der Waals surface area contributed by atoms with Crippen molar-refractivity contribution >= 4 is 23.5 Å². The van der Waals surface area contributed by atoms with E-state index in [-0.39, 0.29) is 23.7 Å². The summed E-state index contributed by atoms with van der Waals surface area (Å²) in [6.45, 7) is 1.60.